The minimum absolute atomic E-state index is 0.0113. The van der Waals surface area contributed by atoms with E-state index in [-0.39, 0.29) is 6.04 Å². The van der Waals surface area contributed by atoms with Crippen LogP contribution >= 0.6 is 0 Å². The van der Waals surface area contributed by atoms with E-state index in [0.29, 0.717) is 0 Å². The first-order valence-electron chi connectivity index (χ1n) is 3.85. The number of nitrogens with zero attached hydrogens (tertiary/aromatic N) is 3. The van der Waals surface area contributed by atoms with Crippen molar-refractivity contribution in [2.75, 3.05) is 13.2 Å². The third-order valence-corrected chi connectivity index (χ3v) is 1.90. The van der Waals surface area contributed by atoms with Crippen LogP contribution in [-0.2, 0) is 0 Å². The van der Waals surface area contributed by atoms with E-state index in [1.807, 2.05) is 24.2 Å². The first-order chi connectivity index (χ1) is 5.27. The summed E-state index contributed by atoms with van der Waals surface area (Å²) in [6.45, 7) is 5.87. The summed E-state index contributed by atoms with van der Waals surface area (Å²) >= 11 is 0. The van der Waals surface area contributed by atoms with Gasteiger partial charge < -0.3 is 9.80 Å². The summed E-state index contributed by atoms with van der Waals surface area (Å²) in [5.74, 6) is 0. The van der Waals surface area contributed by atoms with Crippen LogP contribution in [0.3, 0.4) is 0 Å². The predicted octanol–water partition coefficient (Wildman–Crippen LogP) is 0.965. The monoisotopic (exact) mass is 151 g/mol. The Kier molecular flexibility index (Phi) is 2.37. The number of rotatable bonds is 2. The summed E-state index contributed by atoms with van der Waals surface area (Å²) in [6.07, 6.45) is 3.99. The molecule has 0 radical (unpaired) electrons. The van der Waals surface area contributed by atoms with Crippen LogP contribution in [0.4, 0.5) is 0 Å². The summed E-state index contributed by atoms with van der Waals surface area (Å²) in [6, 6.07) is 2.19. The molecule has 0 fully saturated rings. The van der Waals surface area contributed by atoms with E-state index in [9.17, 15) is 0 Å². The Morgan fingerprint density at radius 2 is 2.36 bits per heavy atom. The fourth-order valence-electron chi connectivity index (χ4n) is 1.02. The summed E-state index contributed by atoms with van der Waals surface area (Å²) < 4.78 is 0. The zero-order chi connectivity index (χ0) is 8.27. The molecule has 0 spiro atoms. The van der Waals surface area contributed by atoms with Crippen LogP contribution in [0.25, 0.3) is 0 Å². The van der Waals surface area contributed by atoms with E-state index < -0.39 is 0 Å². The molecular formula is C8H13N3. The van der Waals surface area contributed by atoms with Crippen molar-refractivity contribution in [3.8, 4) is 6.07 Å². The molecule has 0 saturated carbocycles. The van der Waals surface area contributed by atoms with Crippen molar-refractivity contribution in [1.29, 1.82) is 5.26 Å². The second kappa shape index (κ2) is 3.29. The van der Waals surface area contributed by atoms with Crippen molar-refractivity contribution < 1.29 is 0 Å². The highest BCUT2D eigenvalue weighted by molar-refractivity contribution is 4.99. The fraction of sp³-hybridized carbons (Fsp3) is 0.625. The van der Waals surface area contributed by atoms with E-state index in [2.05, 4.69) is 17.9 Å². The average Bonchev–Trinajstić information content (AvgIpc) is 2.50. The molecule has 1 rings (SSSR count). The second-order valence-electron chi connectivity index (χ2n) is 2.66. The van der Waals surface area contributed by atoms with Crippen LogP contribution in [0.1, 0.15) is 13.8 Å². The van der Waals surface area contributed by atoms with Crippen LogP contribution < -0.4 is 0 Å². The van der Waals surface area contributed by atoms with Crippen molar-refractivity contribution in [3.63, 3.8) is 0 Å². The molecule has 1 unspecified atom stereocenters. The topological polar surface area (TPSA) is 30.3 Å². The van der Waals surface area contributed by atoms with Crippen LogP contribution in [0.2, 0.25) is 0 Å². The predicted molar refractivity (Wildman–Crippen MR) is 43.3 cm³/mol. The summed E-state index contributed by atoms with van der Waals surface area (Å²) in [7, 11) is 0. The molecule has 1 heterocycles. The lowest BCUT2D eigenvalue weighted by molar-refractivity contribution is 0.254. The second-order valence-corrected chi connectivity index (χ2v) is 2.66. The van der Waals surface area contributed by atoms with Crippen molar-refractivity contribution in [1.82, 2.24) is 9.80 Å². The van der Waals surface area contributed by atoms with Crippen LogP contribution in [-0.4, -0.2) is 29.1 Å². The Labute approximate surface area is 67.5 Å². The summed E-state index contributed by atoms with van der Waals surface area (Å²) in [5, 5.41) is 8.61. The lowest BCUT2D eigenvalue weighted by Gasteiger charge is -2.21. The lowest BCUT2D eigenvalue weighted by Crippen LogP contribution is -2.30. The molecule has 0 aliphatic carbocycles. The van der Waals surface area contributed by atoms with Gasteiger partial charge in [-0.25, -0.2) is 0 Å². The number of hydrogen-bond donors (Lipinski definition) is 0. The largest absolute Gasteiger partial charge is 0.359 e. The van der Waals surface area contributed by atoms with Gasteiger partial charge in [-0.3, -0.25) is 0 Å². The minimum Gasteiger partial charge on any atom is -0.359 e. The van der Waals surface area contributed by atoms with Crippen molar-refractivity contribution >= 4 is 0 Å². The molecule has 1 atom stereocenters. The molecule has 0 saturated heterocycles. The molecule has 11 heavy (non-hydrogen) atoms. The first-order valence-corrected chi connectivity index (χ1v) is 3.85. The summed E-state index contributed by atoms with van der Waals surface area (Å²) in [5.41, 5.74) is 0. The van der Waals surface area contributed by atoms with Gasteiger partial charge in [-0.2, -0.15) is 5.26 Å². The summed E-state index contributed by atoms with van der Waals surface area (Å²) in [4.78, 5) is 4.18. The SMILES string of the molecule is CCN1C=CN(C(C)C#N)C1. The Morgan fingerprint density at radius 3 is 2.82 bits per heavy atom. The lowest BCUT2D eigenvalue weighted by atomic mass is 10.3. The Balaban J connectivity index is 2.44. The van der Waals surface area contributed by atoms with Gasteiger partial charge >= 0.3 is 0 Å². The Bertz CT molecular complexity index is 192. The molecule has 3 nitrogen and oxygen atoms in total. The van der Waals surface area contributed by atoms with E-state index >= 15 is 0 Å². The van der Waals surface area contributed by atoms with Crippen molar-refractivity contribution in [2.45, 2.75) is 19.9 Å². The van der Waals surface area contributed by atoms with Crippen LogP contribution in [0.15, 0.2) is 12.4 Å². The van der Waals surface area contributed by atoms with Gasteiger partial charge in [0.25, 0.3) is 0 Å². The smallest absolute Gasteiger partial charge is 0.115 e. The molecule has 3 heteroatoms. The van der Waals surface area contributed by atoms with E-state index in [1.165, 1.54) is 0 Å². The molecule has 1 aliphatic rings. The molecule has 0 amide bonds. The van der Waals surface area contributed by atoms with E-state index in [1.54, 1.807) is 0 Å². The standard InChI is InChI=1S/C8H13N3/c1-3-10-4-5-11(7-10)8(2)6-9/h4-5,8H,3,7H2,1-2H3. The van der Waals surface area contributed by atoms with Gasteiger partial charge in [0.2, 0.25) is 0 Å². The third-order valence-electron chi connectivity index (χ3n) is 1.90. The van der Waals surface area contributed by atoms with Crippen LogP contribution in [0.5, 0.6) is 0 Å². The molecule has 0 bridgehead atoms. The molecule has 1 aliphatic heterocycles. The highest BCUT2D eigenvalue weighted by Gasteiger charge is 2.15. The van der Waals surface area contributed by atoms with Crippen LogP contribution in [0, 0.1) is 11.3 Å². The van der Waals surface area contributed by atoms with Gasteiger partial charge in [-0.05, 0) is 13.8 Å². The Morgan fingerprint density at radius 1 is 1.64 bits per heavy atom. The maximum atomic E-state index is 8.61. The number of hydrogen-bond acceptors (Lipinski definition) is 3. The molecule has 0 aromatic carbocycles. The first kappa shape index (κ1) is 7.93. The molecule has 60 valence electrons. The zero-order valence-electron chi connectivity index (χ0n) is 6.99. The van der Waals surface area contributed by atoms with Gasteiger partial charge in [-0.15, -0.1) is 0 Å². The molecule has 0 N–H and O–H groups in total. The highest BCUT2D eigenvalue weighted by atomic mass is 15.3. The third kappa shape index (κ3) is 1.64. The van der Waals surface area contributed by atoms with Crippen molar-refractivity contribution in [3.05, 3.63) is 12.4 Å². The quantitative estimate of drug-likeness (QED) is 0.589. The van der Waals surface area contributed by atoms with Gasteiger partial charge in [0.1, 0.15) is 6.04 Å². The Hall–Kier alpha value is -1.17. The normalized spacial score (nSPS) is 18.6. The van der Waals surface area contributed by atoms with E-state index in [4.69, 9.17) is 5.26 Å². The fourth-order valence-corrected chi connectivity index (χ4v) is 1.02. The maximum absolute atomic E-state index is 8.61. The highest BCUT2D eigenvalue weighted by Crippen LogP contribution is 2.08. The average molecular weight is 151 g/mol. The zero-order valence-corrected chi connectivity index (χ0v) is 6.99. The van der Waals surface area contributed by atoms with Gasteiger partial charge in [0.05, 0.1) is 12.7 Å². The van der Waals surface area contributed by atoms with E-state index in [0.717, 1.165) is 13.2 Å². The minimum atomic E-state index is -0.0113. The van der Waals surface area contributed by atoms with Gasteiger partial charge in [0.15, 0.2) is 0 Å². The molecule has 0 aromatic heterocycles. The van der Waals surface area contributed by atoms with Gasteiger partial charge in [-0.1, -0.05) is 0 Å². The van der Waals surface area contributed by atoms with Gasteiger partial charge in [0, 0.05) is 18.9 Å². The van der Waals surface area contributed by atoms with Crippen molar-refractivity contribution in [2.24, 2.45) is 0 Å². The maximum Gasteiger partial charge on any atom is 0.115 e. The number of nitriles is 1. The molecular weight excluding hydrogens is 138 g/mol. The molecule has 0 aromatic rings.